The second-order valence-corrected chi connectivity index (χ2v) is 9.28. The number of aromatic nitrogens is 3. The van der Waals surface area contributed by atoms with Gasteiger partial charge in [0.15, 0.2) is 0 Å². The van der Waals surface area contributed by atoms with Crippen molar-refractivity contribution in [3.05, 3.63) is 16.5 Å². The number of anilines is 1. The van der Waals surface area contributed by atoms with Crippen LogP contribution in [0.3, 0.4) is 0 Å². The van der Waals surface area contributed by atoms with Gasteiger partial charge in [-0.3, -0.25) is 9.80 Å². The first-order valence-corrected chi connectivity index (χ1v) is 10.6. The van der Waals surface area contributed by atoms with Crippen molar-refractivity contribution < 1.29 is 9.53 Å². The Balaban J connectivity index is 1.61. The van der Waals surface area contributed by atoms with E-state index in [0.29, 0.717) is 5.82 Å². The summed E-state index contributed by atoms with van der Waals surface area (Å²) in [5.41, 5.74) is 7.59. The van der Waals surface area contributed by atoms with Gasteiger partial charge >= 0.3 is 6.09 Å². The highest BCUT2D eigenvalue weighted by molar-refractivity contribution is 9.10. The van der Waals surface area contributed by atoms with Gasteiger partial charge in [-0.05, 0) is 56.0 Å². The summed E-state index contributed by atoms with van der Waals surface area (Å²) in [5.74, 6) is 0.485. The van der Waals surface area contributed by atoms with Crippen molar-refractivity contribution in [2.45, 2.75) is 64.9 Å². The highest BCUT2D eigenvalue weighted by Crippen LogP contribution is 2.36. The van der Waals surface area contributed by atoms with Crippen LogP contribution in [-0.2, 0) is 17.8 Å². The molecule has 28 heavy (non-hydrogen) atoms. The van der Waals surface area contributed by atoms with Crippen LogP contribution in [0.15, 0.2) is 10.8 Å². The van der Waals surface area contributed by atoms with E-state index in [4.69, 9.17) is 10.5 Å². The largest absolute Gasteiger partial charge is 0.444 e. The minimum absolute atomic E-state index is 0.0469. The lowest BCUT2D eigenvalue weighted by Crippen LogP contribution is -2.55. The minimum atomic E-state index is -0.493. The number of carbonyl (C=O) groups excluding carboxylic acids is 1. The number of hydrogen-bond donors (Lipinski definition) is 1. The van der Waals surface area contributed by atoms with Crippen molar-refractivity contribution in [3.63, 3.8) is 0 Å². The second kappa shape index (κ2) is 7.18. The third-order valence-electron chi connectivity index (χ3n) is 5.40. The Morgan fingerprint density at radius 1 is 1.25 bits per heavy atom. The number of amides is 1. The van der Waals surface area contributed by atoms with Crippen LogP contribution in [0.25, 0.3) is 11.0 Å². The molecule has 1 fully saturated rings. The number of nitrogen functional groups attached to an aromatic ring is 1. The Labute approximate surface area is 173 Å². The van der Waals surface area contributed by atoms with E-state index in [1.807, 2.05) is 25.7 Å². The van der Waals surface area contributed by atoms with E-state index in [2.05, 4.69) is 35.4 Å². The molecule has 4 heterocycles. The lowest BCUT2D eigenvalue weighted by atomic mass is 10.1. The molecule has 2 N–H and O–H groups in total. The molecule has 9 heteroatoms. The molecule has 8 nitrogen and oxygen atoms in total. The third kappa shape index (κ3) is 3.45. The van der Waals surface area contributed by atoms with E-state index in [0.717, 1.165) is 66.6 Å². The highest BCUT2D eigenvalue weighted by Gasteiger charge is 2.36. The first-order valence-electron chi connectivity index (χ1n) is 9.77. The Morgan fingerprint density at radius 3 is 2.79 bits per heavy atom. The molecule has 2 aromatic heterocycles. The molecule has 0 radical (unpaired) electrons. The number of ether oxygens (including phenoxy) is 1. The van der Waals surface area contributed by atoms with E-state index in [1.54, 1.807) is 0 Å². The van der Waals surface area contributed by atoms with Crippen molar-refractivity contribution in [3.8, 4) is 0 Å². The van der Waals surface area contributed by atoms with Gasteiger partial charge in [-0.25, -0.2) is 14.8 Å². The molecule has 2 aliphatic rings. The molecule has 0 spiro atoms. The molecule has 0 aliphatic carbocycles. The van der Waals surface area contributed by atoms with Crippen LogP contribution in [0.5, 0.6) is 0 Å². The quantitative estimate of drug-likeness (QED) is 0.716. The first kappa shape index (κ1) is 19.4. The number of halogens is 1. The summed E-state index contributed by atoms with van der Waals surface area (Å²) >= 11 is 3.71. The molecule has 1 amide bonds. The average molecular weight is 451 g/mol. The van der Waals surface area contributed by atoms with Crippen LogP contribution < -0.4 is 5.73 Å². The zero-order valence-electron chi connectivity index (χ0n) is 16.6. The molecular formula is C19H27BrN6O2. The number of rotatable bonds is 1. The second-order valence-electron chi connectivity index (χ2n) is 8.49. The number of nitrogens with zero attached hydrogens (tertiary/aromatic N) is 5. The van der Waals surface area contributed by atoms with E-state index in [1.165, 1.54) is 6.33 Å². The maximum atomic E-state index is 12.8. The topological polar surface area (TPSA) is 89.5 Å². The summed E-state index contributed by atoms with van der Waals surface area (Å²) in [6, 6.07) is 0. The predicted molar refractivity (Wildman–Crippen MR) is 111 cm³/mol. The van der Waals surface area contributed by atoms with Crippen molar-refractivity contribution in [1.29, 1.82) is 0 Å². The zero-order chi connectivity index (χ0) is 20.1. The van der Waals surface area contributed by atoms with Crippen LogP contribution >= 0.6 is 15.9 Å². The molecule has 2 aromatic rings. The zero-order valence-corrected chi connectivity index (χ0v) is 18.2. The fourth-order valence-corrected chi connectivity index (χ4v) is 4.89. The van der Waals surface area contributed by atoms with Crippen molar-refractivity contribution >= 4 is 38.9 Å². The van der Waals surface area contributed by atoms with Crippen LogP contribution in [-0.4, -0.2) is 55.3 Å². The third-order valence-corrected chi connectivity index (χ3v) is 6.25. The SMILES string of the molecule is CC(C)(C)OC(=O)N1CCCCC1N1CCn2c(c(Br)c3c(N)ncnc32)C1. The molecule has 2 aliphatic heterocycles. The molecule has 1 unspecified atom stereocenters. The van der Waals surface area contributed by atoms with Crippen LogP contribution in [0.4, 0.5) is 10.6 Å². The fourth-order valence-electron chi connectivity index (χ4n) is 4.17. The fraction of sp³-hybridized carbons (Fsp3) is 0.632. The normalized spacial score (nSPS) is 21.0. The summed E-state index contributed by atoms with van der Waals surface area (Å²) < 4.78 is 8.82. The molecular weight excluding hydrogens is 424 g/mol. The highest BCUT2D eigenvalue weighted by atomic mass is 79.9. The minimum Gasteiger partial charge on any atom is -0.444 e. The van der Waals surface area contributed by atoms with Crippen LogP contribution in [0, 0.1) is 0 Å². The number of nitrogens with two attached hydrogens (primary N) is 1. The van der Waals surface area contributed by atoms with Gasteiger partial charge in [0.05, 0.1) is 16.0 Å². The molecule has 152 valence electrons. The van der Waals surface area contributed by atoms with Crippen LogP contribution in [0.1, 0.15) is 45.7 Å². The Hall–Kier alpha value is -1.87. The standard InChI is InChI=1S/C19H27BrN6O2/c1-19(2,3)28-18(27)26-7-5-4-6-13(26)24-8-9-25-12(10-24)15(20)14-16(21)22-11-23-17(14)25/h11,13H,4-10H2,1-3H3,(H2,21,22,23). The molecule has 0 saturated carbocycles. The Bertz CT molecular complexity index is 906. The molecule has 1 atom stereocenters. The molecule has 0 bridgehead atoms. The van der Waals surface area contributed by atoms with E-state index in [-0.39, 0.29) is 12.3 Å². The van der Waals surface area contributed by atoms with E-state index >= 15 is 0 Å². The predicted octanol–water partition coefficient (Wildman–Crippen LogP) is 3.34. The average Bonchev–Trinajstić information content (AvgIpc) is 2.93. The van der Waals surface area contributed by atoms with E-state index in [9.17, 15) is 4.79 Å². The maximum Gasteiger partial charge on any atom is 0.411 e. The smallest absolute Gasteiger partial charge is 0.411 e. The number of piperidine rings is 1. The van der Waals surface area contributed by atoms with Gasteiger partial charge in [-0.1, -0.05) is 0 Å². The van der Waals surface area contributed by atoms with Crippen LogP contribution in [0.2, 0.25) is 0 Å². The lowest BCUT2D eigenvalue weighted by molar-refractivity contribution is -0.0316. The van der Waals surface area contributed by atoms with Crippen molar-refractivity contribution in [1.82, 2.24) is 24.3 Å². The summed E-state index contributed by atoms with van der Waals surface area (Å²) in [4.78, 5) is 25.6. The van der Waals surface area contributed by atoms with E-state index < -0.39 is 5.60 Å². The van der Waals surface area contributed by atoms with Gasteiger partial charge in [0.2, 0.25) is 0 Å². The number of fused-ring (bicyclic) bond motifs is 3. The summed E-state index contributed by atoms with van der Waals surface area (Å²) in [6.07, 6.45) is 4.42. The first-order chi connectivity index (χ1) is 13.3. The maximum absolute atomic E-state index is 12.8. The summed E-state index contributed by atoms with van der Waals surface area (Å²) in [5, 5.41) is 0.868. The van der Waals surface area contributed by atoms with Gasteiger partial charge in [-0.15, -0.1) is 0 Å². The molecule has 1 saturated heterocycles. The monoisotopic (exact) mass is 450 g/mol. The Morgan fingerprint density at radius 2 is 2.04 bits per heavy atom. The van der Waals surface area contributed by atoms with Gasteiger partial charge in [-0.2, -0.15) is 0 Å². The summed E-state index contributed by atoms with van der Waals surface area (Å²) in [7, 11) is 0. The summed E-state index contributed by atoms with van der Waals surface area (Å²) in [6.45, 7) is 8.83. The number of carbonyl (C=O) groups is 1. The van der Waals surface area contributed by atoms with Gasteiger partial charge in [0.1, 0.15) is 23.4 Å². The van der Waals surface area contributed by atoms with Gasteiger partial charge in [0, 0.05) is 31.9 Å². The molecule has 0 aromatic carbocycles. The number of likely N-dealkylation sites (tertiary alicyclic amines) is 1. The van der Waals surface area contributed by atoms with Gasteiger partial charge < -0.3 is 15.0 Å². The molecule has 4 rings (SSSR count). The van der Waals surface area contributed by atoms with Crippen molar-refractivity contribution in [2.24, 2.45) is 0 Å². The number of hydrogen-bond acceptors (Lipinski definition) is 6. The lowest BCUT2D eigenvalue weighted by Gasteiger charge is -2.44. The Kier molecular flexibility index (Phi) is 4.99. The van der Waals surface area contributed by atoms with Gasteiger partial charge in [0.25, 0.3) is 0 Å². The van der Waals surface area contributed by atoms with Crippen molar-refractivity contribution in [2.75, 3.05) is 18.8 Å².